The summed E-state index contributed by atoms with van der Waals surface area (Å²) in [5.41, 5.74) is 1.00. The zero-order chi connectivity index (χ0) is 13.5. The lowest BCUT2D eigenvalue weighted by Gasteiger charge is -2.19. The van der Waals surface area contributed by atoms with Crippen LogP contribution in [0, 0.1) is 5.41 Å². The van der Waals surface area contributed by atoms with Crippen LogP contribution in [0.5, 0.6) is 0 Å². The van der Waals surface area contributed by atoms with Gasteiger partial charge in [0.2, 0.25) is 0 Å². The lowest BCUT2D eigenvalue weighted by atomic mass is 9.85. The second kappa shape index (κ2) is 4.28. The quantitative estimate of drug-likeness (QED) is 0.929. The van der Waals surface area contributed by atoms with Gasteiger partial charge in [-0.15, -0.1) is 0 Å². The Morgan fingerprint density at radius 2 is 2.17 bits per heavy atom. The van der Waals surface area contributed by atoms with Gasteiger partial charge in [-0.25, -0.2) is 0 Å². The van der Waals surface area contributed by atoms with Crippen molar-refractivity contribution in [1.82, 2.24) is 9.78 Å². The van der Waals surface area contributed by atoms with Crippen LogP contribution >= 0.6 is 11.6 Å². The van der Waals surface area contributed by atoms with E-state index in [2.05, 4.69) is 5.10 Å². The Labute approximate surface area is 110 Å². The van der Waals surface area contributed by atoms with Crippen molar-refractivity contribution in [3.05, 3.63) is 28.9 Å². The molecule has 1 heterocycles. The number of rotatable bonds is 3. The minimum absolute atomic E-state index is 0.421. The van der Waals surface area contributed by atoms with Gasteiger partial charge in [-0.2, -0.15) is 5.10 Å². The van der Waals surface area contributed by atoms with Crippen molar-refractivity contribution in [2.24, 2.45) is 12.5 Å². The van der Waals surface area contributed by atoms with E-state index < -0.39 is 11.4 Å². The predicted octanol–water partition coefficient (Wildman–Crippen LogP) is 2.88. The fourth-order valence-electron chi connectivity index (χ4n) is 2.03. The Bertz CT molecular complexity index is 617. The molecule has 0 unspecified atom stereocenters. The van der Waals surface area contributed by atoms with Gasteiger partial charge in [-0.1, -0.05) is 23.7 Å². The monoisotopic (exact) mass is 266 g/mol. The van der Waals surface area contributed by atoms with Crippen LogP contribution in [-0.4, -0.2) is 20.9 Å². The molecule has 5 heteroatoms. The normalized spacial score (nSPS) is 12.0. The number of nitrogens with zero attached hydrogens (tertiary/aromatic N) is 2. The van der Waals surface area contributed by atoms with Gasteiger partial charge in [0.15, 0.2) is 5.15 Å². The van der Waals surface area contributed by atoms with Crippen LogP contribution in [0.1, 0.15) is 19.4 Å². The van der Waals surface area contributed by atoms with E-state index in [1.807, 2.05) is 25.2 Å². The van der Waals surface area contributed by atoms with Crippen molar-refractivity contribution in [2.75, 3.05) is 0 Å². The molecule has 0 saturated heterocycles. The number of halogens is 1. The van der Waals surface area contributed by atoms with Crippen molar-refractivity contribution in [2.45, 2.75) is 20.3 Å². The average Bonchev–Trinajstić information content (AvgIpc) is 2.55. The van der Waals surface area contributed by atoms with Gasteiger partial charge in [0.1, 0.15) is 0 Å². The van der Waals surface area contributed by atoms with Crippen molar-refractivity contribution in [3.8, 4) is 0 Å². The van der Waals surface area contributed by atoms with Crippen LogP contribution in [0.15, 0.2) is 18.2 Å². The van der Waals surface area contributed by atoms with Gasteiger partial charge in [-0.05, 0) is 31.9 Å². The van der Waals surface area contributed by atoms with E-state index in [1.165, 1.54) is 0 Å². The molecule has 1 aromatic heterocycles. The molecule has 0 aliphatic rings. The maximum atomic E-state index is 11.2. The first kappa shape index (κ1) is 12.9. The van der Waals surface area contributed by atoms with Crippen molar-refractivity contribution < 1.29 is 9.90 Å². The summed E-state index contributed by atoms with van der Waals surface area (Å²) in [7, 11) is 1.82. The predicted molar refractivity (Wildman–Crippen MR) is 70.8 cm³/mol. The molecule has 0 aliphatic heterocycles. The van der Waals surface area contributed by atoms with Gasteiger partial charge in [0.25, 0.3) is 0 Å². The molecule has 2 rings (SSSR count). The van der Waals surface area contributed by atoms with Crippen LogP contribution < -0.4 is 0 Å². The highest BCUT2D eigenvalue weighted by atomic mass is 35.5. The molecular weight excluding hydrogens is 252 g/mol. The summed E-state index contributed by atoms with van der Waals surface area (Å²) in [6.45, 7) is 3.41. The van der Waals surface area contributed by atoms with E-state index in [1.54, 1.807) is 18.5 Å². The van der Waals surface area contributed by atoms with E-state index in [4.69, 9.17) is 11.6 Å². The van der Waals surface area contributed by atoms with E-state index in [-0.39, 0.29) is 0 Å². The molecule has 1 N–H and O–H groups in total. The molecule has 2 aromatic rings. The number of fused-ring (bicyclic) bond motifs is 1. The van der Waals surface area contributed by atoms with Crippen LogP contribution in [-0.2, 0) is 18.3 Å². The van der Waals surface area contributed by atoms with Gasteiger partial charge in [-0.3, -0.25) is 9.48 Å². The van der Waals surface area contributed by atoms with E-state index >= 15 is 0 Å². The summed E-state index contributed by atoms with van der Waals surface area (Å²) >= 11 is 6.11. The minimum atomic E-state index is -0.826. The maximum absolute atomic E-state index is 11.2. The summed E-state index contributed by atoms with van der Waals surface area (Å²) in [6, 6.07) is 5.72. The molecule has 0 bridgehead atoms. The van der Waals surface area contributed by atoms with Crippen LogP contribution in [0.3, 0.4) is 0 Å². The first-order chi connectivity index (χ1) is 8.33. The molecule has 96 valence electrons. The summed E-state index contributed by atoms with van der Waals surface area (Å²) in [5, 5.41) is 14.6. The van der Waals surface area contributed by atoms with E-state index in [0.717, 1.165) is 16.5 Å². The Kier molecular flexibility index (Phi) is 3.07. The molecule has 4 nitrogen and oxygen atoms in total. The van der Waals surface area contributed by atoms with Crippen LogP contribution in [0.4, 0.5) is 0 Å². The third-order valence-electron chi connectivity index (χ3n) is 3.13. The Morgan fingerprint density at radius 1 is 1.50 bits per heavy atom. The number of carbonyl (C=O) groups is 1. The summed E-state index contributed by atoms with van der Waals surface area (Å²) < 4.78 is 1.70. The third-order valence-corrected chi connectivity index (χ3v) is 3.40. The number of hydrogen-bond donors (Lipinski definition) is 1. The molecule has 0 radical (unpaired) electrons. The molecule has 1 aromatic carbocycles. The second-order valence-electron chi connectivity index (χ2n) is 5.09. The second-order valence-corrected chi connectivity index (χ2v) is 5.45. The summed E-state index contributed by atoms with van der Waals surface area (Å²) in [5.74, 6) is -0.820. The molecule has 0 atom stereocenters. The molecule has 0 saturated carbocycles. The number of benzene rings is 1. The third kappa shape index (κ3) is 2.08. The smallest absolute Gasteiger partial charge is 0.309 e. The number of carboxylic acids is 1. The largest absolute Gasteiger partial charge is 0.481 e. The summed E-state index contributed by atoms with van der Waals surface area (Å²) in [4.78, 5) is 11.2. The first-order valence-corrected chi connectivity index (χ1v) is 6.04. The fourth-order valence-corrected chi connectivity index (χ4v) is 2.36. The SMILES string of the molecule is Cn1nc(Cl)c2c(CC(C)(C)C(=O)O)cccc21. The first-order valence-electron chi connectivity index (χ1n) is 5.66. The molecule has 18 heavy (non-hydrogen) atoms. The maximum Gasteiger partial charge on any atom is 0.309 e. The number of carboxylic acid groups (broad SMARTS) is 1. The lowest BCUT2D eigenvalue weighted by molar-refractivity contribution is -0.146. The lowest BCUT2D eigenvalue weighted by Crippen LogP contribution is -2.26. The van der Waals surface area contributed by atoms with Gasteiger partial charge >= 0.3 is 5.97 Å². The minimum Gasteiger partial charge on any atom is -0.481 e. The highest BCUT2D eigenvalue weighted by molar-refractivity contribution is 6.34. The molecule has 0 amide bonds. The topological polar surface area (TPSA) is 55.1 Å². The van der Waals surface area contributed by atoms with Crippen LogP contribution in [0.2, 0.25) is 5.15 Å². The Hall–Kier alpha value is -1.55. The number of hydrogen-bond acceptors (Lipinski definition) is 2. The van der Waals surface area contributed by atoms with Crippen molar-refractivity contribution >= 4 is 28.5 Å². The standard InChI is InChI=1S/C13H15ClN2O2/c1-13(2,12(17)18)7-8-5-4-6-9-10(8)11(14)15-16(9)3/h4-6H,7H2,1-3H3,(H,17,18). The van der Waals surface area contributed by atoms with E-state index in [9.17, 15) is 9.90 Å². The number of aryl methyl sites for hydroxylation is 1. The van der Waals surface area contributed by atoms with Crippen molar-refractivity contribution in [3.63, 3.8) is 0 Å². The number of aliphatic carboxylic acids is 1. The van der Waals surface area contributed by atoms with Gasteiger partial charge < -0.3 is 5.11 Å². The van der Waals surface area contributed by atoms with E-state index in [0.29, 0.717) is 11.6 Å². The highest BCUT2D eigenvalue weighted by Crippen LogP contribution is 2.31. The van der Waals surface area contributed by atoms with Crippen LogP contribution in [0.25, 0.3) is 10.9 Å². The van der Waals surface area contributed by atoms with Gasteiger partial charge in [0, 0.05) is 12.4 Å². The molecule has 0 spiro atoms. The molecule has 0 aliphatic carbocycles. The average molecular weight is 267 g/mol. The van der Waals surface area contributed by atoms with Gasteiger partial charge in [0.05, 0.1) is 10.9 Å². The zero-order valence-corrected chi connectivity index (χ0v) is 11.3. The number of aromatic nitrogens is 2. The Balaban J connectivity index is 2.56. The Morgan fingerprint density at radius 3 is 2.78 bits per heavy atom. The summed E-state index contributed by atoms with van der Waals surface area (Å²) in [6.07, 6.45) is 0.422. The highest BCUT2D eigenvalue weighted by Gasteiger charge is 2.28. The molecular formula is C13H15ClN2O2. The van der Waals surface area contributed by atoms with Crippen molar-refractivity contribution in [1.29, 1.82) is 0 Å². The molecule has 0 fully saturated rings. The fraction of sp³-hybridized carbons (Fsp3) is 0.385. The zero-order valence-electron chi connectivity index (χ0n) is 10.6.